The minimum absolute atomic E-state index is 0.00612. The number of rotatable bonds is 7. The quantitative estimate of drug-likeness (QED) is 0.310. The van der Waals surface area contributed by atoms with Gasteiger partial charge in [0.1, 0.15) is 0 Å². The van der Waals surface area contributed by atoms with E-state index >= 15 is 0 Å². The Bertz CT molecular complexity index is 661. The second-order valence-electron chi connectivity index (χ2n) is 12.5. The monoisotopic (exact) mass is 450 g/mol. The van der Waals surface area contributed by atoms with Gasteiger partial charge in [0.15, 0.2) is 0 Å². The van der Waals surface area contributed by atoms with Crippen molar-refractivity contribution in [3.05, 3.63) is 11.6 Å². The van der Waals surface area contributed by atoms with Crippen LogP contribution in [0.2, 0.25) is 0 Å². The van der Waals surface area contributed by atoms with Crippen LogP contribution in [-0.4, -0.2) is 15.9 Å². The maximum Gasteiger partial charge on any atom is 0.327 e. The molecule has 0 heterocycles. The van der Waals surface area contributed by atoms with E-state index in [9.17, 15) is 9.79 Å². The van der Waals surface area contributed by atoms with Crippen LogP contribution >= 0.6 is 8.60 Å². The lowest BCUT2D eigenvalue weighted by Crippen LogP contribution is -2.50. The average Bonchev–Trinajstić information content (AvgIpc) is 3.05. The molecule has 3 nitrogen and oxygen atoms in total. The third-order valence-electron chi connectivity index (χ3n) is 10.5. The first-order chi connectivity index (χ1) is 14.6. The van der Waals surface area contributed by atoms with Crippen molar-refractivity contribution in [1.82, 2.24) is 0 Å². The van der Waals surface area contributed by atoms with Crippen molar-refractivity contribution in [2.24, 2.45) is 46.3 Å². The van der Waals surface area contributed by atoms with Crippen molar-refractivity contribution in [2.45, 2.75) is 111 Å². The second-order valence-corrected chi connectivity index (χ2v) is 13.2. The van der Waals surface area contributed by atoms with Gasteiger partial charge in [-0.1, -0.05) is 65.5 Å². The highest BCUT2D eigenvalue weighted by Gasteiger charge is 2.59. The van der Waals surface area contributed by atoms with E-state index in [1.807, 2.05) is 0 Å². The van der Waals surface area contributed by atoms with E-state index in [-0.39, 0.29) is 6.10 Å². The molecule has 0 bridgehead atoms. The predicted molar refractivity (Wildman–Crippen MR) is 129 cm³/mol. The van der Waals surface area contributed by atoms with Crippen LogP contribution < -0.4 is 0 Å². The standard InChI is InChI=1S/C27H47O3P/c1-18(2)7-6-8-19(3)23-11-12-24-22-10-9-20-17-21(30-31(28)29)13-15-26(20,4)25(22)14-16-27(23,24)5/h9,18-19,21-25,28-29H,6-8,10-17H2,1-5H3. The van der Waals surface area contributed by atoms with E-state index in [0.29, 0.717) is 10.8 Å². The first kappa shape index (κ1) is 24.2. The zero-order chi connectivity index (χ0) is 22.4. The Morgan fingerprint density at radius 3 is 2.52 bits per heavy atom. The summed E-state index contributed by atoms with van der Waals surface area (Å²) >= 11 is 0. The summed E-state index contributed by atoms with van der Waals surface area (Å²) in [5.74, 6) is 5.18. The molecule has 4 heteroatoms. The Balaban J connectivity index is 1.46. The summed E-state index contributed by atoms with van der Waals surface area (Å²) in [6, 6.07) is 0. The van der Waals surface area contributed by atoms with E-state index in [0.717, 1.165) is 54.8 Å². The molecule has 8 unspecified atom stereocenters. The summed E-state index contributed by atoms with van der Waals surface area (Å²) in [5, 5.41) is 0. The first-order valence-corrected chi connectivity index (χ1v) is 14.4. The van der Waals surface area contributed by atoms with Crippen LogP contribution in [0.25, 0.3) is 0 Å². The molecular formula is C27H47O3P. The molecule has 4 aliphatic carbocycles. The van der Waals surface area contributed by atoms with Gasteiger partial charge in [0.25, 0.3) is 0 Å². The van der Waals surface area contributed by atoms with Gasteiger partial charge in [0.2, 0.25) is 0 Å². The Hall–Kier alpha value is 0.0500. The normalized spacial score (nSPS) is 43.4. The lowest BCUT2D eigenvalue weighted by atomic mass is 9.47. The predicted octanol–water partition coefficient (Wildman–Crippen LogP) is 7.62. The molecule has 0 aromatic rings. The van der Waals surface area contributed by atoms with Crippen LogP contribution in [0.15, 0.2) is 11.6 Å². The molecule has 0 saturated heterocycles. The SMILES string of the molecule is CC(C)CCCC(C)C1CCC2C3CC=C4CC(OP(O)O)CCC4(C)C3CCC12C. The molecule has 8 atom stereocenters. The van der Waals surface area contributed by atoms with Crippen molar-refractivity contribution in [3.8, 4) is 0 Å². The van der Waals surface area contributed by atoms with Crippen molar-refractivity contribution in [1.29, 1.82) is 0 Å². The fraction of sp³-hybridized carbons (Fsp3) is 0.926. The summed E-state index contributed by atoms with van der Waals surface area (Å²) in [4.78, 5) is 18.6. The molecule has 0 radical (unpaired) electrons. The van der Waals surface area contributed by atoms with E-state index in [1.54, 1.807) is 5.57 Å². The number of hydrogen-bond donors (Lipinski definition) is 2. The minimum atomic E-state index is -2.24. The number of allylic oxidation sites excluding steroid dienone is 1. The summed E-state index contributed by atoms with van der Waals surface area (Å²) < 4.78 is 5.43. The van der Waals surface area contributed by atoms with Gasteiger partial charge in [0, 0.05) is 0 Å². The third-order valence-corrected chi connectivity index (χ3v) is 11.0. The van der Waals surface area contributed by atoms with Crippen LogP contribution in [0.1, 0.15) is 105 Å². The molecule has 4 aliphatic rings. The van der Waals surface area contributed by atoms with E-state index in [1.165, 1.54) is 51.4 Å². The van der Waals surface area contributed by atoms with Crippen molar-refractivity contribution in [2.75, 3.05) is 0 Å². The number of fused-ring (bicyclic) bond motifs is 5. The lowest BCUT2D eigenvalue weighted by Gasteiger charge is -2.58. The zero-order valence-electron chi connectivity index (χ0n) is 20.6. The largest absolute Gasteiger partial charge is 0.328 e. The zero-order valence-corrected chi connectivity index (χ0v) is 21.5. The summed E-state index contributed by atoms with van der Waals surface area (Å²) in [6.07, 6.45) is 16.7. The van der Waals surface area contributed by atoms with Crippen LogP contribution in [-0.2, 0) is 4.52 Å². The average molecular weight is 451 g/mol. The molecule has 3 fully saturated rings. The van der Waals surface area contributed by atoms with Gasteiger partial charge in [-0.3, -0.25) is 0 Å². The Kier molecular flexibility index (Phi) is 7.30. The van der Waals surface area contributed by atoms with Gasteiger partial charge >= 0.3 is 8.60 Å². The van der Waals surface area contributed by atoms with Crippen molar-refractivity contribution in [3.63, 3.8) is 0 Å². The maximum absolute atomic E-state index is 9.31. The van der Waals surface area contributed by atoms with Gasteiger partial charge in [-0.25, -0.2) is 0 Å². The molecule has 0 spiro atoms. The van der Waals surface area contributed by atoms with E-state index in [2.05, 4.69) is 40.7 Å². The smallest absolute Gasteiger partial charge is 0.327 e. The summed E-state index contributed by atoms with van der Waals surface area (Å²) in [6.45, 7) is 12.5. The van der Waals surface area contributed by atoms with Gasteiger partial charge < -0.3 is 14.3 Å². The van der Waals surface area contributed by atoms with Gasteiger partial charge in [-0.05, 0) is 97.7 Å². The Morgan fingerprint density at radius 1 is 1.03 bits per heavy atom. The molecular weight excluding hydrogens is 403 g/mol. The molecule has 0 aromatic heterocycles. The van der Waals surface area contributed by atoms with Crippen LogP contribution in [0.3, 0.4) is 0 Å². The fourth-order valence-electron chi connectivity index (χ4n) is 8.88. The minimum Gasteiger partial charge on any atom is -0.328 e. The second kappa shape index (κ2) is 9.36. The summed E-state index contributed by atoms with van der Waals surface area (Å²) in [5.41, 5.74) is 2.41. The molecule has 4 rings (SSSR count). The Labute approximate surface area is 192 Å². The molecule has 2 N–H and O–H groups in total. The number of hydrogen-bond acceptors (Lipinski definition) is 3. The molecule has 0 amide bonds. The van der Waals surface area contributed by atoms with Gasteiger partial charge in [-0.2, -0.15) is 0 Å². The topological polar surface area (TPSA) is 49.7 Å². The molecule has 0 aliphatic heterocycles. The van der Waals surface area contributed by atoms with E-state index in [4.69, 9.17) is 4.52 Å². The maximum atomic E-state index is 9.31. The van der Waals surface area contributed by atoms with Crippen LogP contribution in [0, 0.1) is 46.3 Å². The molecule has 178 valence electrons. The van der Waals surface area contributed by atoms with E-state index < -0.39 is 8.60 Å². The van der Waals surface area contributed by atoms with Crippen LogP contribution in [0.4, 0.5) is 0 Å². The highest BCUT2D eigenvalue weighted by molar-refractivity contribution is 7.39. The van der Waals surface area contributed by atoms with Crippen molar-refractivity contribution < 1.29 is 14.3 Å². The first-order valence-electron chi connectivity index (χ1n) is 13.2. The fourth-order valence-corrected chi connectivity index (χ4v) is 9.32. The van der Waals surface area contributed by atoms with Crippen LogP contribution in [0.5, 0.6) is 0 Å². The highest BCUT2D eigenvalue weighted by Crippen LogP contribution is 2.67. The van der Waals surface area contributed by atoms with Gasteiger partial charge in [0.05, 0.1) is 6.10 Å². The molecule has 31 heavy (non-hydrogen) atoms. The Morgan fingerprint density at radius 2 is 1.81 bits per heavy atom. The van der Waals surface area contributed by atoms with Gasteiger partial charge in [-0.15, -0.1) is 0 Å². The summed E-state index contributed by atoms with van der Waals surface area (Å²) in [7, 11) is -2.24. The van der Waals surface area contributed by atoms with Crippen molar-refractivity contribution >= 4 is 8.60 Å². The highest BCUT2D eigenvalue weighted by atomic mass is 31.2. The molecule has 0 aromatic carbocycles. The lowest BCUT2D eigenvalue weighted by molar-refractivity contribution is -0.0563. The molecule has 3 saturated carbocycles. The third kappa shape index (κ3) is 4.55.